The fraction of sp³-hybridized carbons (Fsp3) is 0.533. The van der Waals surface area contributed by atoms with Crippen molar-refractivity contribution in [2.24, 2.45) is 5.41 Å². The van der Waals surface area contributed by atoms with Crippen molar-refractivity contribution in [2.45, 2.75) is 33.6 Å². The molecule has 0 saturated carbocycles. The number of anilines is 1. The van der Waals surface area contributed by atoms with Crippen LogP contribution in [0.3, 0.4) is 0 Å². The maximum absolute atomic E-state index is 11.2. The van der Waals surface area contributed by atoms with Crippen LogP contribution in [0.4, 0.5) is 5.69 Å². The lowest BCUT2D eigenvalue weighted by molar-refractivity contribution is 0.0695. The van der Waals surface area contributed by atoms with Crippen molar-refractivity contribution in [1.82, 2.24) is 0 Å². The van der Waals surface area contributed by atoms with Gasteiger partial charge in [-0.2, -0.15) is 0 Å². The summed E-state index contributed by atoms with van der Waals surface area (Å²) in [5.41, 5.74) is 2.79. The van der Waals surface area contributed by atoms with E-state index in [1.54, 1.807) is 6.07 Å². The SMILES string of the molecule is CC(C)(C)CN1CCCc2c(C(=O)O)cccc21. The summed E-state index contributed by atoms with van der Waals surface area (Å²) >= 11 is 0. The molecule has 1 aromatic carbocycles. The largest absolute Gasteiger partial charge is 0.478 e. The number of fused-ring (bicyclic) bond motifs is 1. The van der Waals surface area contributed by atoms with Gasteiger partial charge >= 0.3 is 5.97 Å². The molecule has 0 spiro atoms. The monoisotopic (exact) mass is 247 g/mol. The van der Waals surface area contributed by atoms with Crippen molar-refractivity contribution in [1.29, 1.82) is 0 Å². The van der Waals surface area contributed by atoms with Gasteiger partial charge in [0.15, 0.2) is 0 Å². The quantitative estimate of drug-likeness (QED) is 0.872. The fourth-order valence-electron chi connectivity index (χ4n) is 2.64. The van der Waals surface area contributed by atoms with Crippen LogP contribution in [-0.2, 0) is 6.42 Å². The normalized spacial score (nSPS) is 15.4. The van der Waals surface area contributed by atoms with Crippen LogP contribution in [0.25, 0.3) is 0 Å². The molecule has 1 N–H and O–H groups in total. The van der Waals surface area contributed by atoms with Gasteiger partial charge in [-0.15, -0.1) is 0 Å². The van der Waals surface area contributed by atoms with Crippen LogP contribution in [0.15, 0.2) is 18.2 Å². The van der Waals surface area contributed by atoms with Crippen LogP contribution in [-0.4, -0.2) is 24.2 Å². The Labute approximate surface area is 108 Å². The number of carbonyl (C=O) groups is 1. The first kappa shape index (κ1) is 12.9. The van der Waals surface area contributed by atoms with Gasteiger partial charge in [0.25, 0.3) is 0 Å². The molecule has 18 heavy (non-hydrogen) atoms. The van der Waals surface area contributed by atoms with E-state index in [4.69, 9.17) is 0 Å². The van der Waals surface area contributed by atoms with E-state index in [1.165, 1.54) is 0 Å². The Morgan fingerprint density at radius 1 is 1.39 bits per heavy atom. The van der Waals surface area contributed by atoms with E-state index in [1.807, 2.05) is 12.1 Å². The van der Waals surface area contributed by atoms with Gasteiger partial charge in [-0.25, -0.2) is 4.79 Å². The first-order valence-corrected chi connectivity index (χ1v) is 6.48. The van der Waals surface area contributed by atoms with E-state index in [2.05, 4.69) is 25.7 Å². The average molecular weight is 247 g/mol. The first-order valence-electron chi connectivity index (χ1n) is 6.48. The number of carboxylic acids is 1. The number of rotatable bonds is 2. The lowest BCUT2D eigenvalue weighted by Crippen LogP contribution is -2.37. The Morgan fingerprint density at radius 3 is 2.72 bits per heavy atom. The minimum absolute atomic E-state index is 0.216. The van der Waals surface area contributed by atoms with Gasteiger partial charge in [0.1, 0.15) is 0 Å². The standard InChI is InChI=1S/C15H21NO2/c1-15(2,3)10-16-9-5-7-11-12(14(17)18)6-4-8-13(11)16/h4,6,8H,5,7,9-10H2,1-3H3,(H,17,18). The van der Waals surface area contributed by atoms with E-state index < -0.39 is 5.97 Å². The van der Waals surface area contributed by atoms with Crippen LogP contribution in [0.1, 0.15) is 43.1 Å². The van der Waals surface area contributed by atoms with Crippen molar-refractivity contribution in [3.63, 3.8) is 0 Å². The van der Waals surface area contributed by atoms with E-state index in [0.717, 1.165) is 37.2 Å². The Kier molecular flexibility index (Phi) is 3.33. The van der Waals surface area contributed by atoms with Crippen LogP contribution < -0.4 is 4.90 Å². The van der Waals surface area contributed by atoms with Gasteiger partial charge in [-0.3, -0.25) is 0 Å². The van der Waals surface area contributed by atoms with Crippen molar-refractivity contribution in [3.8, 4) is 0 Å². The lowest BCUT2D eigenvalue weighted by Gasteiger charge is -2.36. The highest BCUT2D eigenvalue weighted by Gasteiger charge is 2.24. The number of hydrogen-bond donors (Lipinski definition) is 1. The summed E-state index contributed by atoms with van der Waals surface area (Å²) in [6.45, 7) is 8.61. The van der Waals surface area contributed by atoms with Crippen molar-refractivity contribution in [2.75, 3.05) is 18.0 Å². The Morgan fingerprint density at radius 2 is 2.11 bits per heavy atom. The van der Waals surface area contributed by atoms with Crippen LogP contribution in [0.2, 0.25) is 0 Å². The topological polar surface area (TPSA) is 40.5 Å². The molecule has 0 unspecified atom stereocenters. The number of benzene rings is 1. The number of nitrogens with zero attached hydrogens (tertiary/aromatic N) is 1. The van der Waals surface area contributed by atoms with E-state index in [9.17, 15) is 9.90 Å². The minimum atomic E-state index is -0.815. The zero-order valence-corrected chi connectivity index (χ0v) is 11.4. The second-order valence-electron chi connectivity index (χ2n) is 6.19. The zero-order chi connectivity index (χ0) is 13.3. The van der Waals surface area contributed by atoms with Gasteiger partial charge in [0, 0.05) is 18.8 Å². The molecule has 0 atom stereocenters. The van der Waals surface area contributed by atoms with Crippen LogP contribution in [0, 0.1) is 5.41 Å². The molecular formula is C15H21NO2. The molecule has 0 aliphatic carbocycles. The highest BCUT2D eigenvalue weighted by atomic mass is 16.4. The third-order valence-electron chi connectivity index (χ3n) is 3.24. The van der Waals surface area contributed by atoms with Crippen molar-refractivity contribution < 1.29 is 9.90 Å². The number of hydrogen-bond acceptors (Lipinski definition) is 2. The molecule has 0 saturated heterocycles. The summed E-state index contributed by atoms with van der Waals surface area (Å²) in [6.07, 6.45) is 1.91. The molecule has 1 aliphatic heterocycles. The predicted octanol–water partition coefficient (Wildman–Crippen LogP) is 3.18. The maximum Gasteiger partial charge on any atom is 0.336 e. The second-order valence-corrected chi connectivity index (χ2v) is 6.19. The summed E-state index contributed by atoms with van der Waals surface area (Å²) in [7, 11) is 0. The highest BCUT2D eigenvalue weighted by molar-refractivity contribution is 5.91. The summed E-state index contributed by atoms with van der Waals surface area (Å²) in [5.74, 6) is -0.815. The Bertz CT molecular complexity index is 460. The maximum atomic E-state index is 11.2. The molecule has 1 aliphatic rings. The molecule has 98 valence electrons. The van der Waals surface area contributed by atoms with E-state index in [0.29, 0.717) is 5.56 Å². The summed E-state index contributed by atoms with van der Waals surface area (Å²) in [4.78, 5) is 13.6. The molecule has 1 aromatic rings. The molecule has 3 heteroatoms. The van der Waals surface area contributed by atoms with Crippen molar-refractivity contribution >= 4 is 11.7 Å². The van der Waals surface area contributed by atoms with Crippen LogP contribution in [0.5, 0.6) is 0 Å². The van der Waals surface area contributed by atoms with Gasteiger partial charge in [-0.05, 0) is 36.0 Å². The predicted molar refractivity (Wildman–Crippen MR) is 73.4 cm³/mol. The molecule has 1 heterocycles. The second kappa shape index (κ2) is 4.63. The van der Waals surface area contributed by atoms with Gasteiger partial charge in [0.2, 0.25) is 0 Å². The average Bonchev–Trinajstić information content (AvgIpc) is 2.26. The highest BCUT2D eigenvalue weighted by Crippen LogP contribution is 2.32. The minimum Gasteiger partial charge on any atom is -0.478 e. The lowest BCUT2D eigenvalue weighted by atomic mass is 9.91. The molecule has 0 bridgehead atoms. The van der Waals surface area contributed by atoms with E-state index in [-0.39, 0.29) is 5.41 Å². The Balaban J connectivity index is 2.38. The number of aromatic carboxylic acids is 1. The molecule has 2 rings (SSSR count). The molecule has 0 aromatic heterocycles. The van der Waals surface area contributed by atoms with Crippen molar-refractivity contribution in [3.05, 3.63) is 29.3 Å². The molecule has 0 fully saturated rings. The fourth-order valence-corrected chi connectivity index (χ4v) is 2.64. The number of carboxylic acid groups (broad SMARTS) is 1. The summed E-state index contributed by atoms with van der Waals surface area (Å²) in [5, 5.41) is 9.24. The van der Waals surface area contributed by atoms with Gasteiger partial charge in [-0.1, -0.05) is 26.8 Å². The molecule has 3 nitrogen and oxygen atoms in total. The zero-order valence-electron chi connectivity index (χ0n) is 11.4. The first-order chi connectivity index (χ1) is 8.38. The molecule has 0 radical (unpaired) electrons. The van der Waals surface area contributed by atoms with Gasteiger partial charge < -0.3 is 10.0 Å². The Hall–Kier alpha value is -1.51. The van der Waals surface area contributed by atoms with Crippen LogP contribution >= 0.6 is 0 Å². The molecular weight excluding hydrogens is 226 g/mol. The summed E-state index contributed by atoms with van der Waals surface area (Å²) in [6, 6.07) is 5.61. The third-order valence-corrected chi connectivity index (χ3v) is 3.24. The smallest absolute Gasteiger partial charge is 0.336 e. The van der Waals surface area contributed by atoms with E-state index >= 15 is 0 Å². The summed E-state index contributed by atoms with van der Waals surface area (Å²) < 4.78 is 0. The third kappa shape index (κ3) is 2.66. The molecule has 0 amide bonds. The van der Waals surface area contributed by atoms with Gasteiger partial charge in [0.05, 0.1) is 5.56 Å².